The molecule has 42 heavy (non-hydrogen) atoms. The van der Waals surface area contributed by atoms with Gasteiger partial charge in [0, 0.05) is 24.1 Å². The van der Waals surface area contributed by atoms with Gasteiger partial charge in [-0.15, -0.1) is 0 Å². The van der Waals surface area contributed by atoms with Crippen LogP contribution in [0.3, 0.4) is 0 Å². The Kier molecular flexibility index (Phi) is 9.69. The van der Waals surface area contributed by atoms with Crippen molar-refractivity contribution < 1.29 is 38.1 Å². The number of nitrogens with one attached hydrogen (secondary N) is 2. The van der Waals surface area contributed by atoms with Gasteiger partial charge >= 0.3 is 5.63 Å². The number of hydrogen-bond donors (Lipinski definition) is 7. The maximum atomic E-state index is 13.2. The maximum absolute atomic E-state index is 13.2. The van der Waals surface area contributed by atoms with Crippen LogP contribution >= 0.6 is 0 Å². The SMILES string of the molecule is NC(CCC(=O)NC(CO)(CO)CO)c1cc(O)c(C(c2cccc(NS(=O)(=O)c3ccccc3)c2)C2CC2)c(=O)o1. The molecule has 0 saturated heterocycles. The van der Waals surface area contributed by atoms with E-state index in [0.29, 0.717) is 11.3 Å². The molecule has 1 saturated carbocycles. The number of sulfonamides is 1. The van der Waals surface area contributed by atoms with Crippen LogP contribution in [0.1, 0.15) is 54.5 Å². The first kappa shape index (κ1) is 31.2. The molecule has 2 aromatic carbocycles. The first-order valence-electron chi connectivity index (χ1n) is 13.5. The molecule has 2 atom stereocenters. The van der Waals surface area contributed by atoms with Gasteiger partial charge in [0.2, 0.25) is 5.91 Å². The van der Waals surface area contributed by atoms with Gasteiger partial charge in [-0.2, -0.15) is 0 Å². The Balaban J connectivity index is 1.53. The maximum Gasteiger partial charge on any atom is 0.343 e. The molecule has 4 rings (SSSR count). The highest BCUT2D eigenvalue weighted by molar-refractivity contribution is 7.92. The van der Waals surface area contributed by atoms with Crippen molar-refractivity contribution in [2.24, 2.45) is 11.7 Å². The zero-order valence-corrected chi connectivity index (χ0v) is 23.6. The number of anilines is 1. The molecule has 1 heterocycles. The van der Waals surface area contributed by atoms with Gasteiger partial charge < -0.3 is 35.9 Å². The summed E-state index contributed by atoms with van der Waals surface area (Å²) in [6, 6.07) is 14.9. The molecule has 0 radical (unpaired) electrons. The third kappa shape index (κ3) is 7.17. The van der Waals surface area contributed by atoms with Crippen LogP contribution in [0.2, 0.25) is 0 Å². The molecule has 0 bridgehead atoms. The van der Waals surface area contributed by atoms with Gasteiger partial charge in [-0.3, -0.25) is 9.52 Å². The number of carbonyl (C=O) groups is 1. The molecule has 13 heteroatoms. The lowest BCUT2D eigenvalue weighted by molar-refractivity contribution is -0.125. The van der Waals surface area contributed by atoms with Crippen LogP contribution in [0, 0.1) is 5.92 Å². The van der Waals surface area contributed by atoms with Crippen LogP contribution < -0.4 is 21.4 Å². The fraction of sp³-hybridized carbons (Fsp3) is 0.379. The van der Waals surface area contributed by atoms with Crippen molar-refractivity contribution >= 4 is 21.6 Å². The normalized spacial score (nSPS) is 15.1. The number of aliphatic hydroxyl groups is 3. The van der Waals surface area contributed by atoms with Gasteiger partial charge in [-0.1, -0.05) is 30.3 Å². The van der Waals surface area contributed by atoms with Crippen LogP contribution in [-0.4, -0.2) is 60.1 Å². The lowest BCUT2D eigenvalue weighted by Gasteiger charge is -2.28. The molecular weight excluding hydrogens is 566 g/mol. The molecule has 3 aromatic rings. The molecule has 0 spiro atoms. The van der Waals surface area contributed by atoms with Crippen LogP contribution in [-0.2, 0) is 14.8 Å². The fourth-order valence-electron chi connectivity index (χ4n) is 4.75. The van der Waals surface area contributed by atoms with E-state index in [9.17, 15) is 38.4 Å². The summed E-state index contributed by atoms with van der Waals surface area (Å²) in [5.74, 6) is -1.48. The molecule has 0 aliphatic heterocycles. The number of nitrogens with two attached hydrogens (primary N) is 1. The summed E-state index contributed by atoms with van der Waals surface area (Å²) in [5, 5.41) is 41.5. The number of rotatable bonds is 14. The minimum Gasteiger partial charge on any atom is -0.507 e. The average Bonchev–Trinajstić information content (AvgIpc) is 3.82. The summed E-state index contributed by atoms with van der Waals surface area (Å²) in [6.07, 6.45) is 1.43. The van der Waals surface area contributed by atoms with Gasteiger partial charge in [0.1, 0.15) is 17.0 Å². The minimum atomic E-state index is -3.84. The predicted octanol–water partition coefficient (Wildman–Crippen LogP) is 1.30. The highest BCUT2D eigenvalue weighted by Gasteiger charge is 2.38. The van der Waals surface area contributed by atoms with E-state index in [2.05, 4.69) is 10.0 Å². The molecule has 226 valence electrons. The highest BCUT2D eigenvalue weighted by Crippen LogP contribution is 2.48. The van der Waals surface area contributed by atoms with Crippen LogP contribution in [0.15, 0.2) is 74.8 Å². The van der Waals surface area contributed by atoms with E-state index in [1.54, 1.807) is 42.5 Å². The number of benzene rings is 2. The van der Waals surface area contributed by atoms with E-state index in [0.717, 1.165) is 12.8 Å². The second-order valence-corrected chi connectivity index (χ2v) is 12.2. The van der Waals surface area contributed by atoms with Crippen molar-refractivity contribution in [3.05, 3.63) is 88.0 Å². The van der Waals surface area contributed by atoms with Gasteiger partial charge in [-0.05, 0) is 55.0 Å². The molecule has 1 amide bonds. The number of carbonyl (C=O) groups excluding carboxylic acids is 1. The van der Waals surface area contributed by atoms with Crippen molar-refractivity contribution in [2.45, 2.75) is 48.1 Å². The van der Waals surface area contributed by atoms with Crippen molar-refractivity contribution in [3.63, 3.8) is 0 Å². The predicted molar refractivity (Wildman–Crippen MR) is 153 cm³/mol. The highest BCUT2D eigenvalue weighted by atomic mass is 32.2. The van der Waals surface area contributed by atoms with E-state index >= 15 is 0 Å². The Labute approximate surface area is 242 Å². The Bertz CT molecular complexity index is 1540. The van der Waals surface area contributed by atoms with Gasteiger partial charge in [0.25, 0.3) is 10.0 Å². The molecule has 1 fully saturated rings. The topological polar surface area (TPSA) is 212 Å². The van der Waals surface area contributed by atoms with Gasteiger partial charge in [-0.25, -0.2) is 13.2 Å². The zero-order chi connectivity index (χ0) is 30.5. The van der Waals surface area contributed by atoms with E-state index in [4.69, 9.17) is 10.2 Å². The summed E-state index contributed by atoms with van der Waals surface area (Å²) in [4.78, 5) is 25.6. The zero-order valence-electron chi connectivity index (χ0n) is 22.8. The van der Waals surface area contributed by atoms with Gasteiger partial charge in [0.05, 0.1) is 36.3 Å². The lowest BCUT2D eigenvalue weighted by atomic mass is 9.87. The molecular formula is C29H35N3O9S. The lowest BCUT2D eigenvalue weighted by Crippen LogP contribution is -2.57. The third-order valence-electron chi connectivity index (χ3n) is 7.30. The minimum absolute atomic E-state index is 0.00157. The summed E-state index contributed by atoms with van der Waals surface area (Å²) in [5.41, 5.74) is 4.73. The first-order valence-corrected chi connectivity index (χ1v) is 14.9. The Morgan fingerprint density at radius 2 is 1.69 bits per heavy atom. The smallest absolute Gasteiger partial charge is 0.343 e. The Morgan fingerprint density at radius 3 is 2.29 bits per heavy atom. The van der Waals surface area contributed by atoms with E-state index in [1.807, 2.05) is 0 Å². The third-order valence-corrected chi connectivity index (χ3v) is 8.70. The first-order chi connectivity index (χ1) is 20.0. The van der Waals surface area contributed by atoms with Crippen molar-refractivity contribution in [3.8, 4) is 5.75 Å². The largest absolute Gasteiger partial charge is 0.507 e. The van der Waals surface area contributed by atoms with Gasteiger partial charge in [0.15, 0.2) is 0 Å². The fourth-order valence-corrected chi connectivity index (χ4v) is 5.82. The quantitative estimate of drug-likeness (QED) is 0.141. The van der Waals surface area contributed by atoms with Crippen LogP contribution in [0.5, 0.6) is 5.75 Å². The monoisotopic (exact) mass is 601 g/mol. The summed E-state index contributed by atoms with van der Waals surface area (Å²) < 4.78 is 33.7. The molecule has 8 N–H and O–H groups in total. The van der Waals surface area contributed by atoms with Crippen molar-refractivity contribution in [2.75, 3.05) is 24.5 Å². The van der Waals surface area contributed by atoms with Crippen LogP contribution in [0.4, 0.5) is 5.69 Å². The van der Waals surface area contributed by atoms with Crippen molar-refractivity contribution in [1.82, 2.24) is 5.32 Å². The average molecular weight is 602 g/mol. The second-order valence-electron chi connectivity index (χ2n) is 10.5. The van der Waals surface area contributed by atoms with E-state index in [1.165, 1.54) is 18.2 Å². The summed E-state index contributed by atoms with van der Waals surface area (Å²) in [6.45, 7) is -2.02. The Hall–Kier alpha value is -3.75. The molecule has 12 nitrogen and oxygen atoms in total. The number of aliphatic hydroxyl groups excluding tert-OH is 3. The standard InChI is InChI=1S/C29H35N3O9S/c30-22(11-12-25(37)31-29(15-33,16-34)17-35)24-14-23(36)27(28(38)41-24)26(18-9-10-18)19-5-4-6-20(13-19)32-42(39,40)21-7-2-1-3-8-21/h1-8,13-14,18,22,26,32-36H,9-12,15-17,30H2,(H,31,37). The number of amides is 1. The molecule has 1 aliphatic carbocycles. The molecule has 2 unspecified atom stereocenters. The van der Waals surface area contributed by atoms with Crippen molar-refractivity contribution in [1.29, 1.82) is 0 Å². The Morgan fingerprint density at radius 1 is 1.02 bits per heavy atom. The summed E-state index contributed by atoms with van der Waals surface area (Å²) >= 11 is 0. The number of aromatic hydroxyl groups is 1. The second kappa shape index (κ2) is 13.0. The molecule has 1 aliphatic rings. The molecule has 1 aromatic heterocycles. The van der Waals surface area contributed by atoms with Crippen LogP contribution in [0.25, 0.3) is 0 Å². The number of hydrogen-bond acceptors (Lipinski definition) is 10. The van der Waals surface area contributed by atoms with E-state index in [-0.39, 0.29) is 40.7 Å². The summed E-state index contributed by atoms with van der Waals surface area (Å²) in [7, 11) is -3.84. The van der Waals surface area contributed by atoms with E-state index < -0.39 is 58.9 Å².